The quantitative estimate of drug-likeness (QED) is 0.553. The highest BCUT2D eigenvalue weighted by molar-refractivity contribution is 5.75. The summed E-state index contributed by atoms with van der Waals surface area (Å²) in [4.78, 5) is 10.7. The first-order valence-corrected chi connectivity index (χ1v) is 3.65. The Morgan fingerprint density at radius 2 is 2.27 bits per heavy atom. The normalized spacial score (nSPS) is 15.6. The molecular formula is C7H15NO3. The summed E-state index contributed by atoms with van der Waals surface area (Å²) in [6.07, 6.45) is 0.283. The minimum absolute atomic E-state index is 0.507. The van der Waals surface area contributed by atoms with E-state index >= 15 is 0 Å². The summed E-state index contributed by atoms with van der Waals surface area (Å²) in [7, 11) is 1.23. The maximum absolute atomic E-state index is 10.7. The van der Waals surface area contributed by atoms with Crippen LogP contribution in [0, 0.1) is 0 Å². The molecule has 0 saturated carbocycles. The van der Waals surface area contributed by atoms with Crippen molar-refractivity contribution in [3.8, 4) is 0 Å². The van der Waals surface area contributed by atoms with Crippen molar-refractivity contribution in [3.63, 3.8) is 0 Å². The van der Waals surface area contributed by atoms with Gasteiger partial charge in [-0.3, -0.25) is 0 Å². The van der Waals surface area contributed by atoms with Crippen LogP contribution in [0.25, 0.3) is 0 Å². The predicted octanol–water partition coefficient (Wildman–Crippen LogP) is -0.352. The molecule has 0 radical (unpaired) electrons. The van der Waals surface area contributed by atoms with Gasteiger partial charge in [-0.25, -0.2) is 4.79 Å². The Labute approximate surface area is 66.3 Å². The van der Waals surface area contributed by atoms with Gasteiger partial charge in [0.2, 0.25) is 0 Å². The van der Waals surface area contributed by atoms with E-state index in [0.717, 1.165) is 6.42 Å². The van der Waals surface area contributed by atoms with E-state index in [-0.39, 0.29) is 0 Å². The number of rotatable bonds is 4. The smallest absolute Gasteiger partial charge is 0.336 e. The van der Waals surface area contributed by atoms with Crippen molar-refractivity contribution < 1.29 is 14.6 Å². The fourth-order valence-electron chi connectivity index (χ4n) is 0.787. The van der Waals surface area contributed by atoms with Crippen molar-refractivity contribution in [2.75, 3.05) is 7.11 Å². The van der Waals surface area contributed by atoms with Crippen LogP contribution >= 0.6 is 0 Å². The Balaban J connectivity index is 3.80. The summed E-state index contributed by atoms with van der Waals surface area (Å²) in [5, 5.41) is 9.12. The lowest BCUT2D eigenvalue weighted by molar-refractivity contribution is -0.151. The number of methoxy groups -OCH3 is 1. The maximum atomic E-state index is 10.7. The molecule has 0 rings (SSSR count). The molecule has 11 heavy (non-hydrogen) atoms. The van der Waals surface area contributed by atoms with Gasteiger partial charge in [-0.1, -0.05) is 13.3 Å². The Hall–Kier alpha value is -0.610. The van der Waals surface area contributed by atoms with Crippen molar-refractivity contribution in [1.82, 2.24) is 0 Å². The molecule has 0 saturated heterocycles. The number of ether oxygens (including phenoxy) is 1. The van der Waals surface area contributed by atoms with E-state index in [1.807, 2.05) is 6.92 Å². The van der Waals surface area contributed by atoms with E-state index in [1.165, 1.54) is 7.11 Å². The van der Waals surface area contributed by atoms with Crippen LogP contribution in [0.2, 0.25) is 0 Å². The molecule has 0 aromatic rings. The van der Waals surface area contributed by atoms with Gasteiger partial charge in [0, 0.05) is 6.04 Å². The summed E-state index contributed by atoms with van der Waals surface area (Å²) in [6, 6.07) is -0.507. The number of hydrogen-bond donors (Lipinski definition) is 2. The summed E-state index contributed by atoms with van der Waals surface area (Å²) in [5.74, 6) is -0.661. The van der Waals surface area contributed by atoms with Crippen LogP contribution in [0.1, 0.15) is 19.8 Å². The Morgan fingerprint density at radius 3 is 2.64 bits per heavy atom. The molecule has 0 amide bonds. The lowest BCUT2D eigenvalue weighted by Gasteiger charge is -2.14. The van der Waals surface area contributed by atoms with Crippen molar-refractivity contribution in [2.45, 2.75) is 31.9 Å². The number of esters is 1. The average molecular weight is 161 g/mol. The van der Waals surface area contributed by atoms with Gasteiger partial charge in [-0.15, -0.1) is 0 Å². The molecule has 0 aromatic carbocycles. The van der Waals surface area contributed by atoms with Crippen molar-refractivity contribution in [3.05, 3.63) is 0 Å². The van der Waals surface area contributed by atoms with Gasteiger partial charge in [0.1, 0.15) is 0 Å². The Kier molecular flexibility index (Phi) is 4.81. The second-order valence-corrected chi connectivity index (χ2v) is 2.42. The Morgan fingerprint density at radius 1 is 1.73 bits per heavy atom. The molecule has 0 aliphatic rings. The largest absolute Gasteiger partial charge is 0.467 e. The van der Waals surface area contributed by atoms with Crippen LogP contribution < -0.4 is 5.73 Å². The zero-order valence-electron chi connectivity index (χ0n) is 6.91. The van der Waals surface area contributed by atoms with Crippen LogP contribution in [0.4, 0.5) is 0 Å². The highest BCUT2D eigenvalue weighted by Crippen LogP contribution is 2.00. The second-order valence-electron chi connectivity index (χ2n) is 2.42. The van der Waals surface area contributed by atoms with E-state index in [1.54, 1.807) is 0 Å². The fourth-order valence-corrected chi connectivity index (χ4v) is 0.787. The minimum atomic E-state index is -1.18. The molecule has 0 bridgehead atoms. The molecule has 0 aliphatic carbocycles. The van der Waals surface area contributed by atoms with Gasteiger partial charge >= 0.3 is 5.97 Å². The number of carbonyl (C=O) groups excluding carboxylic acids is 1. The topological polar surface area (TPSA) is 72.5 Å². The summed E-state index contributed by atoms with van der Waals surface area (Å²) >= 11 is 0. The third-order valence-corrected chi connectivity index (χ3v) is 1.47. The van der Waals surface area contributed by atoms with Crippen molar-refractivity contribution >= 4 is 5.97 Å². The molecule has 66 valence electrons. The number of aliphatic hydroxyl groups excluding tert-OH is 1. The van der Waals surface area contributed by atoms with Gasteiger partial charge in [-0.05, 0) is 6.42 Å². The van der Waals surface area contributed by atoms with Crippen LogP contribution in [-0.2, 0) is 9.53 Å². The number of aliphatic hydroxyl groups is 1. The summed E-state index contributed by atoms with van der Waals surface area (Å²) < 4.78 is 4.31. The molecule has 2 atom stereocenters. The molecule has 0 aliphatic heterocycles. The molecule has 0 spiro atoms. The molecule has 0 heterocycles. The second kappa shape index (κ2) is 5.09. The lowest BCUT2D eigenvalue weighted by atomic mass is 10.1. The first-order valence-electron chi connectivity index (χ1n) is 3.65. The van der Waals surface area contributed by atoms with Gasteiger partial charge in [0.15, 0.2) is 6.10 Å². The number of hydrogen-bond acceptors (Lipinski definition) is 4. The fraction of sp³-hybridized carbons (Fsp3) is 0.857. The average Bonchev–Trinajstić information content (AvgIpc) is 2.02. The third-order valence-electron chi connectivity index (χ3n) is 1.47. The van der Waals surface area contributed by atoms with Crippen LogP contribution in [0.15, 0.2) is 0 Å². The maximum Gasteiger partial charge on any atom is 0.336 e. The standard InChI is InChI=1S/C7H15NO3/c1-3-4-5(8)6(9)7(10)11-2/h5-6,9H,3-4,8H2,1-2H3/t5-,6+/m1/s1. The molecule has 0 unspecified atom stereocenters. The Bertz CT molecular complexity index is 127. The zero-order valence-corrected chi connectivity index (χ0v) is 6.91. The monoisotopic (exact) mass is 161 g/mol. The lowest BCUT2D eigenvalue weighted by Crippen LogP contribution is -2.40. The van der Waals surface area contributed by atoms with Crippen molar-refractivity contribution in [2.24, 2.45) is 5.73 Å². The predicted molar refractivity (Wildman–Crippen MR) is 40.9 cm³/mol. The number of carbonyl (C=O) groups is 1. The van der Waals surface area contributed by atoms with E-state index in [2.05, 4.69) is 4.74 Å². The zero-order chi connectivity index (χ0) is 8.85. The van der Waals surface area contributed by atoms with Crippen molar-refractivity contribution in [1.29, 1.82) is 0 Å². The van der Waals surface area contributed by atoms with E-state index < -0.39 is 18.1 Å². The molecule has 0 fully saturated rings. The van der Waals surface area contributed by atoms with Gasteiger partial charge in [0.25, 0.3) is 0 Å². The SMILES string of the molecule is CCC[C@@H](N)[C@H](O)C(=O)OC. The first-order chi connectivity index (χ1) is 5.13. The van der Waals surface area contributed by atoms with Gasteiger partial charge in [-0.2, -0.15) is 0 Å². The van der Waals surface area contributed by atoms with E-state index in [4.69, 9.17) is 10.8 Å². The molecule has 4 heteroatoms. The van der Waals surface area contributed by atoms with Gasteiger partial charge < -0.3 is 15.6 Å². The molecule has 4 nitrogen and oxygen atoms in total. The summed E-state index contributed by atoms with van der Waals surface area (Å²) in [6.45, 7) is 1.93. The highest BCUT2D eigenvalue weighted by Gasteiger charge is 2.22. The van der Waals surface area contributed by atoms with Crippen LogP contribution in [-0.4, -0.2) is 30.3 Å². The van der Waals surface area contributed by atoms with E-state index in [9.17, 15) is 4.79 Å². The summed E-state index contributed by atoms with van der Waals surface area (Å²) in [5.41, 5.74) is 5.45. The molecular weight excluding hydrogens is 146 g/mol. The van der Waals surface area contributed by atoms with Crippen LogP contribution in [0.5, 0.6) is 0 Å². The molecule has 0 aromatic heterocycles. The molecule has 3 N–H and O–H groups in total. The van der Waals surface area contributed by atoms with Gasteiger partial charge in [0.05, 0.1) is 7.11 Å². The number of nitrogens with two attached hydrogens (primary N) is 1. The van der Waals surface area contributed by atoms with Crippen LogP contribution in [0.3, 0.4) is 0 Å². The first kappa shape index (κ1) is 10.4. The highest BCUT2D eigenvalue weighted by atomic mass is 16.5. The van der Waals surface area contributed by atoms with E-state index in [0.29, 0.717) is 6.42 Å². The third kappa shape index (κ3) is 3.34. The minimum Gasteiger partial charge on any atom is -0.467 e.